The van der Waals surface area contributed by atoms with E-state index < -0.39 is 27.2 Å². The van der Waals surface area contributed by atoms with Gasteiger partial charge >= 0.3 is 0 Å². The number of amides is 1. The van der Waals surface area contributed by atoms with Crippen molar-refractivity contribution in [3.8, 4) is 0 Å². The lowest BCUT2D eigenvalue weighted by Crippen LogP contribution is -2.44. The van der Waals surface area contributed by atoms with E-state index in [9.17, 15) is 17.6 Å². The van der Waals surface area contributed by atoms with Crippen molar-refractivity contribution in [2.45, 2.75) is 52.3 Å². The fourth-order valence-electron chi connectivity index (χ4n) is 4.92. The number of fused-ring (bicyclic) bond motifs is 2. The van der Waals surface area contributed by atoms with Crippen LogP contribution < -0.4 is 5.32 Å². The minimum atomic E-state index is -2.91. The Kier molecular flexibility index (Phi) is 4.76. The summed E-state index contributed by atoms with van der Waals surface area (Å²) in [6, 6.07) is 0. The molecule has 4 atom stereocenters. The summed E-state index contributed by atoms with van der Waals surface area (Å²) in [5, 5.41) is 2.22. The molecule has 8 heteroatoms. The summed E-state index contributed by atoms with van der Waals surface area (Å²) in [6.07, 6.45) is 1.83. The number of carbonyl (C=O) groups excluding carboxylic acids is 1. The molecule has 0 aliphatic heterocycles. The Bertz CT molecular complexity index is 848. The second-order valence-corrected chi connectivity index (χ2v) is 9.55. The Morgan fingerprint density at radius 1 is 1.38 bits per heavy atom. The van der Waals surface area contributed by atoms with Crippen molar-refractivity contribution in [2.75, 3.05) is 7.05 Å². The molecule has 0 radical (unpaired) electrons. The van der Waals surface area contributed by atoms with Gasteiger partial charge in [-0.1, -0.05) is 32.4 Å². The van der Waals surface area contributed by atoms with E-state index in [4.69, 9.17) is 16.3 Å². The normalized spacial score (nSPS) is 35.4. The van der Waals surface area contributed by atoms with Crippen LogP contribution in [0.4, 0.5) is 4.39 Å². The molecule has 1 N–H and O–H groups in total. The van der Waals surface area contributed by atoms with Crippen molar-refractivity contribution in [2.24, 2.45) is 16.7 Å². The topological polar surface area (TPSA) is 72.5 Å². The molecular weight excluding hydrogens is 381 g/mol. The van der Waals surface area contributed by atoms with Crippen molar-refractivity contribution in [1.29, 1.82) is 0 Å². The molecule has 0 saturated heterocycles. The van der Waals surface area contributed by atoms with Gasteiger partial charge in [-0.15, -0.1) is 0 Å². The van der Waals surface area contributed by atoms with Gasteiger partial charge in [0.05, 0.1) is 10.6 Å². The molecule has 2 fully saturated rings. The fraction of sp³-hybridized carbons (Fsp3) is 0.667. The molecule has 3 aliphatic carbocycles. The molecule has 5 nitrogen and oxygen atoms in total. The number of rotatable bonds is 3. The van der Waals surface area contributed by atoms with Crippen LogP contribution >= 0.6 is 11.6 Å². The Hall–Kier alpha value is -1.34. The molecule has 144 valence electrons. The molecule has 3 aliphatic rings. The van der Waals surface area contributed by atoms with Gasteiger partial charge < -0.3 is 10.1 Å². The molecule has 0 aromatic rings. The first kappa shape index (κ1) is 19.4. The lowest BCUT2D eigenvalue weighted by Gasteiger charge is -2.43. The van der Waals surface area contributed by atoms with Crippen LogP contribution in [-0.4, -0.2) is 38.5 Å². The number of allylic oxidation sites excluding steroid dienone is 3. The summed E-state index contributed by atoms with van der Waals surface area (Å²) >= 11 is 6.24. The van der Waals surface area contributed by atoms with E-state index in [1.54, 1.807) is 0 Å². The van der Waals surface area contributed by atoms with Crippen molar-refractivity contribution < 1.29 is 22.3 Å². The molecular formula is C18H23ClFNO4S. The molecule has 1 amide bonds. The SMILES string of the molecule is CNC(=O)C1=CC(Cl)=C(O[C@H]2C(C)(C)[C@H]3CC[C@]2(C)C3)C(=S(=O)=O)C1F. The van der Waals surface area contributed by atoms with Crippen molar-refractivity contribution in [3.05, 3.63) is 22.4 Å². The maximum absolute atomic E-state index is 14.8. The van der Waals surface area contributed by atoms with Crippen LogP contribution in [0.25, 0.3) is 0 Å². The van der Waals surface area contributed by atoms with Crippen LogP contribution in [0.5, 0.6) is 0 Å². The van der Waals surface area contributed by atoms with E-state index in [-0.39, 0.29) is 33.3 Å². The van der Waals surface area contributed by atoms with Crippen molar-refractivity contribution in [1.82, 2.24) is 5.32 Å². The van der Waals surface area contributed by atoms with Gasteiger partial charge in [0.15, 0.2) is 16.8 Å². The zero-order valence-electron chi connectivity index (χ0n) is 15.2. The third kappa shape index (κ3) is 2.80. The van der Waals surface area contributed by atoms with Gasteiger partial charge in [-0.2, -0.15) is 8.42 Å². The first-order chi connectivity index (χ1) is 12.0. The van der Waals surface area contributed by atoms with E-state index >= 15 is 0 Å². The van der Waals surface area contributed by atoms with Crippen LogP contribution in [0.15, 0.2) is 22.4 Å². The fourth-order valence-corrected chi connectivity index (χ4v) is 5.84. The quantitative estimate of drug-likeness (QED) is 0.735. The third-order valence-corrected chi connectivity index (χ3v) is 7.30. The van der Waals surface area contributed by atoms with E-state index in [0.717, 1.165) is 25.3 Å². The monoisotopic (exact) mass is 403 g/mol. The molecule has 0 spiro atoms. The number of likely N-dealkylation sites (N-methyl/N-ethyl adjacent to an activating group) is 1. The van der Waals surface area contributed by atoms with Crippen molar-refractivity contribution in [3.63, 3.8) is 0 Å². The van der Waals surface area contributed by atoms with E-state index in [1.165, 1.54) is 7.05 Å². The minimum absolute atomic E-state index is 0.0705. The summed E-state index contributed by atoms with van der Waals surface area (Å²) < 4.78 is 44.5. The highest BCUT2D eigenvalue weighted by atomic mass is 35.5. The van der Waals surface area contributed by atoms with E-state index in [1.807, 2.05) is 0 Å². The molecule has 2 bridgehead atoms. The number of ether oxygens (including phenoxy) is 1. The maximum Gasteiger partial charge on any atom is 0.250 e. The van der Waals surface area contributed by atoms with Gasteiger partial charge in [0.1, 0.15) is 6.10 Å². The molecule has 3 rings (SSSR count). The lowest BCUT2D eigenvalue weighted by molar-refractivity contribution is -0.117. The summed E-state index contributed by atoms with van der Waals surface area (Å²) in [5.74, 6) is -0.420. The minimum Gasteiger partial charge on any atom is -0.486 e. The molecule has 26 heavy (non-hydrogen) atoms. The lowest BCUT2D eigenvalue weighted by atomic mass is 9.70. The summed E-state index contributed by atoms with van der Waals surface area (Å²) in [4.78, 5) is 11.2. The van der Waals surface area contributed by atoms with E-state index in [2.05, 4.69) is 26.1 Å². The largest absolute Gasteiger partial charge is 0.486 e. The average Bonchev–Trinajstić information content (AvgIpc) is 3.04. The van der Waals surface area contributed by atoms with Gasteiger partial charge in [-0.25, -0.2) is 4.39 Å². The van der Waals surface area contributed by atoms with Crippen molar-refractivity contribution >= 4 is 32.7 Å². The number of hydrogen-bond acceptors (Lipinski definition) is 4. The molecule has 2 saturated carbocycles. The predicted molar refractivity (Wildman–Crippen MR) is 98.0 cm³/mol. The number of halogens is 2. The van der Waals surface area contributed by atoms with Crippen LogP contribution in [0.2, 0.25) is 0 Å². The van der Waals surface area contributed by atoms with Gasteiger partial charge in [-0.3, -0.25) is 4.79 Å². The Balaban J connectivity index is 2.07. The van der Waals surface area contributed by atoms with Gasteiger partial charge in [0, 0.05) is 17.9 Å². The highest BCUT2D eigenvalue weighted by Crippen LogP contribution is 2.64. The summed E-state index contributed by atoms with van der Waals surface area (Å²) in [7, 11) is -1.57. The maximum atomic E-state index is 14.8. The predicted octanol–water partition coefficient (Wildman–Crippen LogP) is 2.74. The Morgan fingerprint density at radius 2 is 2.04 bits per heavy atom. The summed E-state index contributed by atoms with van der Waals surface area (Å²) in [5.41, 5.74) is -0.629. The smallest absolute Gasteiger partial charge is 0.250 e. The number of nitrogens with one attached hydrogen (secondary N) is 1. The molecule has 0 aromatic heterocycles. The zero-order valence-corrected chi connectivity index (χ0v) is 16.8. The Morgan fingerprint density at radius 3 is 2.54 bits per heavy atom. The average molecular weight is 404 g/mol. The van der Waals surface area contributed by atoms with Gasteiger partial charge in [-0.05, 0) is 31.3 Å². The van der Waals surface area contributed by atoms with Gasteiger partial charge in [0.25, 0.3) is 0 Å². The first-order valence-electron chi connectivity index (χ1n) is 8.63. The van der Waals surface area contributed by atoms with Crippen LogP contribution in [0, 0.1) is 16.7 Å². The summed E-state index contributed by atoms with van der Waals surface area (Å²) in [6.45, 7) is 6.31. The van der Waals surface area contributed by atoms with Crippen LogP contribution in [0.3, 0.4) is 0 Å². The molecule has 1 unspecified atom stereocenters. The highest BCUT2D eigenvalue weighted by Gasteiger charge is 2.61. The molecule has 0 heterocycles. The number of alkyl halides is 1. The van der Waals surface area contributed by atoms with Crippen LogP contribution in [-0.2, 0) is 19.8 Å². The zero-order chi connectivity index (χ0) is 19.4. The second kappa shape index (κ2) is 6.37. The molecule has 0 aromatic carbocycles. The second-order valence-electron chi connectivity index (χ2n) is 8.23. The van der Waals surface area contributed by atoms with E-state index in [0.29, 0.717) is 5.92 Å². The van der Waals surface area contributed by atoms with Gasteiger partial charge in [0.2, 0.25) is 16.2 Å². The number of hydrogen-bond donors (Lipinski definition) is 1. The third-order valence-electron chi connectivity index (χ3n) is 6.27. The number of carbonyl (C=O) groups is 1. The first-order valence-corrected chi connectivity index (χ1v) is 10.1. The standard InChI is InChI=1S/C18H23ClFNO4S/c1-17(2)9-5-6-18(3,8-9)16(17)25-13-11(19)7-10(15(22)21-4)12(20)14(13)26(23)24/h7,9,12,16H,5-6,8H2,1-4H3,(H,21,22)/t9-,12?,16-,18+/m0/s1. The highest BCUT2D eigenvalue weighted by molar-refractivity contribution is 7.73. The van der Waals surface area contributed by atoms with Crippen LogP contribution in [0.1, 0.15) is 40.0 Å². The Labute approximate surface area is 159 Å².